The molecule has 7 nitrogen and oxygen atoms in total. The van der Waals surface area contributed by atoms with Crippen molar-refractivity contribution in [1.82, 2.24) is 10.2 Å². The molecule has 0 heterocycles. The van der Waals surface area contributed by atoms with Gasteiger partial charge in [0, 0.05) is 12.6 Å². The fourth-order valence-corrected chi connectivity index (χ4v) is 6.69. The van der Waals surface area contributed by atoms with Crippen LogP contribution >= 0.6 is 11.6 Å². The second-order valence-corrected chi connectivity index (χ2v) is 12.5. The first-order chi connectivity index (χ1) is 19.2. The largest absolute Gasteiger partial charge is 0.352 e. The molecule has 0 bridgehead atoms. The molecule has 4 rings (SSSR count). The van der Waals surface area contributed by atoms with E-state index in [1.807, 2.05) is 37.3 Å². The summed E-state index contributed by atoms with van der Waals surface area (Å²) in [5.41, 5.74) is 2.12. The van der Waals surface area contributed by atoms with Gasteiger partial charge in [-0.2, -0.15) is 0 Å². The highest BCUT2D eigenvalue weighted by molar-refractivity contribution is 7.92. The number of hydrogen-bond acceptors (Lipinski definition) is 4. The van der Waals surface area contributed by atoms with Crippen molar-refractivity contribution >= 4 is 39.1 Å². The minimum Gasteiger partial charge on any atom is -0.352 e. The Kier molecular flexibility index (Phi) is 9.87. The van der Waals surface area contributed by atoms with Gasteiger partial charge in [0.2, 0.25) is 11.8 Å². The van der Waals surface area contributed by atoms with Crippen LogP contribution in [0.15, 0.2) is 83.8 Å². The lowest BCUT2D eigenvalue weighted by Crippen LogP contribution is -2.53. The van der Waals surface area contributed by atoms with Crippen molar-refractivity contribution < 1.29 is 18.0 Å². The van der Waals surface area contributed by atoms with Gasteiger partial charge in [-0.3, -0.25) is 13.9 Å². The molecular formula is C31H36ClN3O4S. The van der Waals surface area contributed by atoms with E-state index in [0.717, 1.165) is 41.1 Å². The summed E-state index contributed by atoms with van der Waals surface area (Å²) in [6, 6.07) is 22.0. The van der Waals surface area contributed by atoms with Gasteiger partial charge in [-0.05, 0) is 62.9 Å². The van der Waals surface area contributed by atoms with Crippen molar-refractivity contribution in [3.63, 3.8) is 0 Å². The number of para-hydroxylation sites is 1. The molecule has 1 aliphatic rings. The van der Waals surface area contributed by atoms with E-state index in [-0.39, 0.29) is 34.1 Å². The Hall–Kier alpha value is -3.36. The summed E-state index contributed by atoms with van der Waals surface area (Å²) in [5.74, 6) is -0.723. The summed E-state index contributed by atoms with van der Waals surface area (Å²) in [7, 11) is -4.15. The average molecular weight is 582 g/mol. The number of nitrogens with one attached hydrogen (secondary N) is 1. The van der Waals surface area contributed by atoms with E-state index in [1.165, 1.54) is 17.0 Å². The molecule has 1 fully saturated rings. The number of nitrogens with zero attached hydrogens (tertiary/aromatic N) is 2. The van der Waals surface area contributed by atoms with Crippen LogP contribution < -0.4 is 9.62 Å². The zero-order chi connectivity index (χ0) is 28.7. The van der Waals surface area contributed by atoms with Crippen molar-refractivity contribution in [3.8, 4) is 0 Å². The van der Waals surface area contributed by atoms with Crippen LogP contribution in [0.5, 0.6) is 0 Å². The maximum absolute atomic E-state index is 14.0. The summed E-state index contributed by atoms with van der Waals surface area (Å²) >= 11 is 6.45. The Morgan fingerprint density at radius 3 is 2.23 bits per heavy atom. The van der Waals surface area contributed by atoms with Gasteiger partial charge in [-0.25, -0.2) is 8.42 Å². The lowest BCUT2D eigenvalue weighted by Gasteiger charge is -2.32. The molecule has 9 heteroatoms. The van der Waals surface area contributed by atoms with E-state index in [0.29, 0.717) is 6.42 Å². The van der Waals surface area contributed by atoms with E-state index in [1.54, 1.807) is 43.3 Å². The molecule has 1 unspecified atom stereocenters. The normalized spacial score (nSPS) is 14.5. The molecule has 1 N–H and O–H groups in total. The quantitative estimate of drug-likeness (QED) is 0.330. The standard InChI is InChI=1S/C31H36ClN3O4S/c1-23-16-18-27(19-17-23)40(38,39)35(29-15-9-8-14-28(29)32)22-30(36)34(21-20-25-10-4-3-5-11-25)24(2)31(37)33-26-12-6-7-13-26/h3-5,8-11,14-19,24,26H,6-7,12-13,20-22H2,1-2H3,(H,33,37). The maximum Gasteiger partial charge on any atom is 0.264 e. The number of amides is 2. The molecule has 212 valence electrons. The van der Waals surface area contributed by atoms with Crippen molar-refractivity contribution in [1.29, 1.82) is 0 Å². The highest BCUT2D eigenvalue weighted by atomic mass is 35.5. The SMILES string of the molecule is Cc1ccc(S(=O)(=O)N(CC(=O)N(CCc2ccccc2)C(C)C(=O)NC2CCCC2)c2ccccc2Cl)cc1. The molecule has 0 radical (unpaired) electrons. The van der Waals surface area contributed by atoms with Gasteiger partial charge in [0.1, 0.15) is 12.6 Å². The molecule has 0 aliphatic heterocycles. The molecule has 2 amide bonds. The molecule has 1 saturated carbocycles. The molecule has 0 aromatic heterocycles. The Morgan fingerprint density at radius 2 is 1.57 bits per heavy atom. The topological polar surface area (TPSA) is 86.8 Å². The zero-order valence-electron chi connectivity index (χ0n) is 22.9. The molecule has 40 heavy (non-hydrogen) atoms. The average Bonchev–Trinajstić information content (AvgIpc) is 3.46. The van der Waals surface area contributed by atoms with Crippen LogP contribution in [0.2, 0.25) is 5.02 Å². The lowest BCUT2D eigenvalue weighted by molar-refractivity contribution is -0.139. The number of benzene rings is 3. The van der Waals surface area contributed by atoms with Gasteiger partial charge in [0.15, 0.2) is 0 Å². The highest BCUT2D eigenvalue weighted by Gasteiger charge is 2.33. The summed E-state index contributed by atoms with van der Waals surface area (Å²) in [6.07, 6.45) is 4.50. The number of rotatable bonds is 11. The van der Waals surface area contributed by atoms with Gasteiger partial charge in [0.25, 0.3) is 10.0 Å². The van der Waals surface area contributed by atoms with Crippen molar-refractivity contribution in [2.45, 2.75) is 62.9 Å². The predicted molar refractivity (Wildman–Crippen MR) is 159 cm³/mol. The fourth-order valence-electron chi connectivity index (χ4n) is 4.97. The summed E-state index contributed by atoms with van der Waals surface area (Å²) in [6.45, 7) is 3.31. The number of hydrogen-bond donors (Lipinski definition) is 1. The van der Waals surface area contributed by atoms with E-state index < -0.39 is 28.5 Å². The van der Waals surface area contributed by atoms with Gasteiger partial charge in [-0.1, -0.05) is 84.6 Å². The lowest BCUT2D eigenvalue weighted by atomic mass is 10.1. The third-order valence-electron chi connectivity index (χ3n) is 7.36. The number of carbonyl (C=O) groups excluding carboxylic acids is 2. The molecule has 3 aromatic rings. The van der Waals surface area contributed by atoms with Crippen molar-refractivity contribution in [3.05, 3.63) is 95.0 Å². The molecule has 1 aliphatic carbocycles. The predicted octanol–water partition coefficient (Wildman–Crippen LogP) is 5.36. The van der Waals surface area contributed by atoms with Crippen LogP contribution in [0.1, 0.15) is 43.7 Å². The Bertz CT molecular complexity index is 1410. The molecule has 1 atom stereocenters. The van der Waals surface area contributed by atoms with Crippen LogP contribution in [0.25, 0.3) is 0 Å². The smallest absolute Gasteiger partial charge is 0.264 e. The van der Waals surface area contributed by atoms with Gasteiger partial charge in [-0.15, -0.1) is 0 Å². The second-order valence-electron chi connectivity index (χ2n) is 10.3. The second kappa shape index (κ2) is 13.3. The maximum atomic E-state index is 14.0. The fraction of sp³-hybridized carbons (Fsp3) is 0.355. The first-order valence-corrected chi connectivity index (χ1v) is 15.5. The number of aryl methyl sites for hydroxylation is 1. The summed E-state index contributed by atoms with van der Waals surface area (Å²) < 4.78 is 28.8. The van der Waals surface area contributed by atoms with Gasteiger partial charge in [0.05, 0.1) is 15.6 Å². The molecule has 0 spiro atoms. The molecular weight excluding hydrogens is 546 g/mol. The monoisotopic (exact) mass is 581 g/mol. The van der Waals surface area contributed by atoms with Crippen molar-refractivity contribution in [2.24, 2.45) is 0 Å². The van der Waals surface area contributed by atoms with Crippen LogP contribution in [0, 0.1) is 6.92 Å². The van der Waals surface area contributed by atoms with E-state index in [9.17, 15) is 18.0 Å². The number of sulfonamides is 1. The highest BCUT2D eigenvalue weighted by Crippen LogP contribution is 2.31. The van der Waals surface area contributed by atoms with E-state index >= 15 is 0 Å². The van der Waals surface area contributed by atoms with Crippen LogP contribution in [-0.2, 0) is 26.0 Å². The van der Waals surface area contributed by atoms with E-state index in [4.69, 9.17) is 11.6 Å². The Balaban J connectivity index is 1.65. The number of anilines is 1. The van der Waals surface area contributed by atoms with Gasteiger partial charge >= 0.3 is 0 Å². The van der Waals surface area contributed by atoms with Crippen molar-refractivity contribution in [2.75, 3.05) is 17.4 Å². The first-order valence-electron chi connectivity index (χ1n) is 13.6. The number of carbonyl (C=O) groups is 2. The first kappa shape index (κ1) is 29.6. The van der Waals surface area contributed by atoms with Crippen LogP contribution in [0.4, 0.5) is 5.69 Å². The number of halogens is 1. The summed E-state index contributed by atoms with van der Waals surface area (Å²) in [4.78, 5) is 28.8. The Morgan fingerprint density at radius 1 is 0.950 bits per heavy atom. The third-order valence-corrected chi connectivity index (χ3v) is 9.46. The Labute approximate surface area is 242 Å². The zero-order valence-corrected chi connectivity index (χ0v) is 24.5. The molecule has 3 aromatic carbocycles. The van der Waals surface area contributed by atoms with E-state index in [2.05, 4.69) is 5.32 Å². The van der Waals surface area contributed by atoms with Gasteiger partial charge < -0.3 is 10.2 Å². The minimum absolute atomic E-state index is 0.0497. The summed E-state index contributed by atoms with van der Waals surface area (Å²) in [5, 5.41) is 3.28. The minimum atomic E-state index is -4.15. The van der Waals surface area contributed by atoms with Crippen LogP contribution in [-0.4, -0.2) is 50.3 Å². The van der Waals surface area contributed by atoms with Crippen LogP contribution in [0.3, 0.4) is 0 Å². The molecule has 0 saturated heterocycles. The third kappa shape index (κ3) is 7.23.